The minimum Gasteiger partial charge on any atom is -0.455 e. The first-order valence-electron chi connectivity index (χ1n) is 6.43. The van der Waals surface area contributed by atoms with E-state index in [0.717, 1.165) is 0 Å². The van der Waals surface area contributed by atoms with Crippen LogP contribution in [0.4, 0.5) is 4.39 Å². The number of benzene rings is 1. The third-order valence-electron chi connectivity index (χ3n) is 2.67. The molecule has 0 aliphatic carbocycles. The lowest BCUT2D eigenvalue weighted by molar-refractivity contribution is 0.00627. The number of hydrogen-bond donors (Lipinski definition) is 1. The largest absolute Gasteiger partial charge is 0.455 e. The van der Waals surface area contributed by atoms with Crippen LogP contribution in [0.25, 0.3) is 11.4 Å². The van der Waals surface area contributed by atoms with E-state index >= 15 is 0 Å². The first kappa shape index (κ1) is 15.5. The van der Waals surface area contributed by atoms with E-state index in [-0.39, 0.29) is 10.7 Å². The lowest BCUT2D eigenvalue weighted by Gasteiger charge is -2.18. The predicted molar refractivity (Wildman–Crippen MR) is 78.9 cm³/mol. The first-order chi connectivity index (χ1) is 9.67. The number of ether oxygens (including phenoxy) is 1. The molecule has 1 aromatic carbocycles. The van der Waals surface area contributed by atoms with Gasteiger partial charge in [-0.2, -0.15) is 0 Å². The van der Waals surface area contributed by atoms with E-state index in [1.54, 1.807) is 33.8 Å². The Morgan fingerprint density at radius 3 is 2.62 bits per heavy atom. The van der Waals surface area contributed by atoms with Crippen LogP contribution in [-0.4, -0.2) is 21.5 Å². The van der Waals surface area contributed by atoms with Crippen LogP contribution in [0, 0.1) is 12.7 Å². The fourth-order valence-corrected chi connectivity index (χ4v) is 1.95. The highest BCUT2D eigenvalue weighted by molar-refractivity contribution is 6.31. The van der Waals surface area contributed by atoms with E-state index in [0.29, 0.717) is 17.1 Å². The van der Waals surface area contributed by atoms with Gasteiger partial charge in [0.1, 0.15) is 17.2 Å². The third kappa shape index (κ3) is 3.61. The van der Waals surface area contributed by atoms with Crippen LogP contribution in [0.3, 0.4) is 0 Å². The molecule has 0 amide bonds. The fraction of sp³-hybridized carbons (Fsp3) is 0.333. The number of rotatable bonds is 2. The molecule has 2 aromatic rings. The second-order valence-electron chi connectivity index (χ2n) is 5.69. The summed E-state index contributed by atoms with van der Waals surface area (Å²) >= 11 is 5.75. The highest BCUT2D eigenvalue weighted by Crippen LogP contribution is 2.24. The van der Waals surface area contributed by atoms with Crippen LogP contribution in [0.2, 0.25) is 5.02 Å². The summed E-state index contributed by atoms with van der Waals surface area (Å²) in [5.74, 6) is -0.568. The van der Waals surface area contributed by atoms with E-state index in [2.05, 4.69) is 9.97 Å². The second-order valence-corrected chi connectivity index (χ2v) is 6.10. The van der Waals surface area contributed by atoms with Crippen molar-refractivity contribution in [3.05, 3.63) is 40.4 Å². The Morgan fingerprint density at radius 2 is 2.05 bits per heavy atom. The van der Waals surface area contributed by atoms with Crippen molar-refractivity contribution in [2.45, 2.75) is 33.3 Å². The van der Waals surface area contributed by atoms with Gasteiger partial charge in [-0.3, -0.25) is 0 Å². The van der Waals surface area contributed by atoms with Crippen molar-refractivity contribution in [3.63, 3.8) is 0 Å². The predicted octanol–water partition coefficient (Wildman–Crippen LogP) is 4.13. The van der Waals surface area contributed by atoms with Crippen LogP contribution >= 0.6 is 11.6 Å². The summed E-state index contributed by atoms with van der Waals surface area (Å²) in [5.41, 5.74) is 0.793. The quantitative estimate of drug-likeness (QED) is 0.848. The SMILES string of the molecule is Cc1[nH]c(-c2ccc(F)c(Cl)c2)nc1C(=O)OC(C)(C)C. The molecule has 1 N–H and O–H groups in total. The molecule has 0 saturated heterocycles. The van der Waals surface area contributed by atoms with Crippen molar-refractivity contribution in [2.75, 3.05) is 0 Å². The third-order valence-corrected chi connectivity index (χ3v) is 2.96. The van der Waals surface area contributed by atoms with E-state index in [9.17, 15) is 9.18 Å². The van der Waals surface area contributed by atoms with Gasteiger partial charge in [0.2, 0.25) is 0 Å². The van der Waals surface area contributed by atoms with Crippen molar-refractivity contribution in [1.29, 1.82) is 0 Å². The normalized spacial score (nSPS) is 11.5. The van der Waals surface area contributed by atoms with Crippen LogP contribution in [0.1, 0.15) is 37.0 Å². The zero-order valence-corrected chi connectivity index (χ0v) is 13.0. The summed E-state index contributed by atoms with van der Waals surface area (Å²) in [6.45, 7) is 7.08. The summed E-state index contributed by atoms with van der Waals surface area (Å²) in [4.78, 5) is 19.3. The molecule has 0 bridgehead atoms. The van der Waals surface area contributed by atoms with Gasteiger partial charge in [0.25, 0.3) is 0 Å². The molecule has 1 aromatic heterocycles. The van der Waals surface area contributed by atoms with Crippen molar-refractivity contribution >= 4 is 17.6 Å². The zero-order valence-electron chi connectivity index (χ0n) is 12.3. The van der Waals surface area contributed by atoms with Gasteiger partial charge < -0.3 is 9.72 Å². The van der Waals surface area contributed by atoms with E-state index in [1.807, 2.05) is 0 Å². The number of carbonyl (C=O) groups excluding carboxylic acids is 1. The second kappa shape index (κ2) is 5.48. The fourth-order valence-electron chi connectivity index (χ4n) is 1.77. The standard InChI is InChI=1S/C15H16ClFN2O2/c1-8-12(14(20)21-15(2,3)4)19-13(18-8)9-5-6-11(17)10(16)7-9/h5-7H,1-4H3,(H,18,19). The number of esters is 1. The minimum atomic E-state index is -0.595. The van der Waals surface area contributed by atoms with E-state index < -0.39 is 17.4 Å². The van der Waals surface area contributed by atoms with Gasteiger partial charge in [-0.1, -0.05) is 11.6 Å². The zero-order chi connectivity index (χ0) is 15.8. The Labute approximate surface area is 127 Å². The van der Waals surface area contributed by atoms with Gasteiger partial charge in [0, 0.05) is 11.3 Å². The number of carbonyl (C=O) groups is 1. The Bertz CT molecular complexity index is 689. The molecule has 0 unspecified atom stereocenters. The molecule has 21 heavy (non-hydrogen) atoms. The molecule has 0 spiro atoms. The summed E-state index contributed by atoms with van der Waals surface area (Å²) < 4.78 is 18.5. The van der Waals surface area contributed by atoms with Crippen molar-refractivity contribution in [1.82, 2.24) is 9.97 Å². The number of halogens is 2. The molecule has 112 valence electrons. The smallest absolute Gasteiger partial charge is 0.359 e. The molecule has 0 aliphatic heterocycles. The summed E-state index contributed by atoms with van der Waals surface area (Å²) in [6, 6.07) is 4.25. The van der Waals surface area contributed by atoms with Crippen LogP contribution < -0.4 is 0 Å². The summed E-state index contributed by atoms with van der Waals surface area (Å²) in [6.07, 6.45) is 0. The molecule has 6 heteroatoms. The lowest BCUT2D eigenvalue weighted by atomic mass is 10.2. The Morgan fingerprint density at radius 1 is 1.38 bits per heavy atom. The maximum absolute atomic E-state index is 13.2. The molecule has 2 rings (SSSR count). The number of nitrogens with one attached hydrogen (secondary N) is 1. The first-order valence-corrected chi connectivity index (χ1v) is 6.80. The number of H-pyrrole nitrogens is 1. The van der Waals surface area contributed by atoms with Crippen LogP contribution in [0.5, 0.6) is 0 Å². The average molecular weight is 311 g/mol. The molecular weight excluding hydrogens is 295 g/mol. The Balaban J connectivity index is 2.34. The minimum absolute atomic E-state index is 0.000344. The number of hydrogen-bond acceptors (Lipinski definition) is 3. The molecule has 4 nitrogen and oxygen atoms in total. The Kier molecular flexibility index (Phi) is 4.05. The van der Waals surface area contributed by atoms with Crippen molar-refractivity contribution in [3.8, 4) is 11.4 Å². The highest BCUT2D eigenvalue weighted by Gasteiger charge is 2.22. The van der Waals surface area contributed by atoms with Gasteiger partial charge in [-0.25, -0.2) is 14.2 Å². The molecule has 0 aliphatic rings. The number of aromatic nitrogens is 2. The van der Waals surface area contributed by atoms with Crippen LogP contribution in [-0.2, 0) is 4.74 Å². The average Bonchev–Trinajstić information content (AvgIpc) is 2.73. The van der Waals surface area contributed by atoms with Crippen molar-refractivity contribution in [2.24, 2.45) is 0 Å². The van der Waals surface area contributed by atoms with Crippen LogP contribution in [0.15, 0.2) is 18.2 Å². The number of aryl methyl sites for hydroxylation is 1. The van der Waals surface area contributed by atoms with E-state index in [1.165, 1.54) is 12.1 Å². The van der Waals surface area contributed by atoms with Gasteiger partial charge in [-0.15, -0.1) is 0 Å². The maximum atomic E-state index is 13.2. The molecule has 1 heterocycles. The maximum Gasteiger partial charge on any atom is 0.359 e. The van der Waals surface area contributed by atoms with Gasteiger partial charge >= 0.3 is 5.97 Å². The number of imidazole rings is 1. The van der Waals surface area contributed by atoms with Gasteiger partial charge in [-0.05, 0) is 45.9 Å². The van der Waals surface area contributed by atoms with Crippen molar-refractivity contribution < 1.29 is 13.9 Å². The summed E-state index contributed by atoms with van der Waals surface area (Å²) in [7, 11) is 0. The topological polar surface area (TPSA) is 55.0 Å². The molecule has 0 fully saturated rings. The summed E-state index contributed by atoms with van der Waals surface area (Å²) in [5, 5.41) is 0.000344. The Hall–Kier alpha value is -1.88. The van der Waals surface area contributed by atoms with Gasteiger partial charge in [0.05, 0.1) is 5.02 Å². The lowest BCUT2D eigenvalue weighted by Crippen LogP contribution is -2.24. The number of nitrogens with zero attached hydrogens (tertiary/aromatic N) is 1. The highest BCUT2D eigenvalue weighted by atomic mass is 35.5. The van der Waals surface area contributed by atoms with Gasteiger partial charge in [0.15, 0.2) is 5.69 Å². The number of aromatic amines is 1. The molecule has 0 atom stereocenters. The monoisotopic (exact) mass is 310 g/mol. The molecule has 0 saturated carbocycles. The molecular formula is C15H16ClFN2O2. The molecule has 0 radical (unpaired) electrons. The van der Waals surface area contributed by atoms with E-state index in [4.69, 9.17) is 16.3 Å².